The highest BCUT2D eigenvalue weighted by molar-refractivity contribution is 7.79. The lowest BCUT2D eigenvalue weighted by Crippen LogP contribution is -2.20. The molecule has 1 heterocycles. The van der Waals surface area contributed by atoms with Gasteiger partial charge in [0.25, 0.3) is 0 Å². The second kappa shape index (κ2) is 10.6. The summed E-state index contributed by atoms with van der Waals surface area (Å²) < 4.78 is 0. The standard InChI is InChI=1S/C42H27N2P/c1-3-10-28(11-4-1)29-18-22-32(23-19-29)45(31-12-5-2-6-13-31)33-24-20-30(21-25-33)34-26-27-37-40-35(34)14-9-15-36(40)41-42(37)44-39-17-8-7-16-38(39)43-41/h1-27H/p+1. The van der Waals surface area contributed by atoms with Gasteiger partial charge in [-0.25, -0.2) is 9.97 Å². The monoisotopic (exact) mass is 591 g/mol. The number of hydrogen-bond donors (Lipinski definition) is 0. The predicted molar refractivity (Wildman–Crippen MR) is 192 cm³/mol. The van der Waals surface area contributed by atoms with Crippen LogP contribution in [-0.2, 0) is 0 Å². The lowest BCUT2D eigenvalue weighted by Gasteiger charge is -2.13. The minimum absolute atomic E-state index is 0.933. The summed E-state index contributed by atoms with van der Waals surface area (Å²) in [6.45, 7) is 0. The zero-order valence-corrected chi connectivity index (χ0v) is 25.5. The van der Waals surface area contributed by atoms with Crippen LogP contribution < -0.4 is 15.9 Å². The molecule has 1 aromatic heterocycles. The molecule has 0 bridgehead atoms. The van der Waals surface area contributed by atoms with Crippen LogP contribution in [0.15, 0.2) is 164 Å². The van der Waals surface area contributed by atoms with Crippen molar-refractivity contribution in [2.75, 3.05) is 0 Å². The quantitative estimate of drug-likeness (QED) is 0.187. The van der Waals surface area contributed by atoms with Crippen molar-refractivity contribution in [1.29, 1.82) is 0 Å². The number of aromatic nitrogens is 2. The number of nitrogens with zero attached hydrogens (tertiary/aromatic N) is 2. The van der Waals surface area contributed by atoms with Crippen LogP contribution in [0.3, 0.4) is 0 Å². The van der Waals surface area contributed by atoms with Crippen LogP contribution in [0.5, 0.6) is 0 Å². The van der Waals surface area contributed by atoms with E-state index in [2.05, 4.69) is 140 Å². The first-order valence-electron chi connectivity index (χ1n) is 15.3. The summed E-state index contributed by atoms with van der Waals surface area (Å²) in [5, 5.41) is 6.64. The SMILES string of the molecule is c1ccc(-c2ccc([PH+](c3ccccc3)c3ccc(-c4ccc5c6c(cccc46)-c4nc6ccccc6nc4-5)cc3)cc2)cc1. The van der Waals surface area contributed by atoms with Crippen LogP contribution in [0.25, 0.3) is 66.6 Å². The van der Waals surface area contributed by atoms with E-state index in [4.69, 9.17) is 9.97 Å². The van der Waals surface area contributed by atoms with Crippen molar-refractivity contribution in [3.63, 3.8) is 0 Å². The molecule has 9 rings (SSSR count). The summed E-state index contributed by atoms with van der Waals surface area (Å²) in [7, 11) is -1.19. The fraction of sp³-hybridized carbons (Fsp3) is 0. The molecule has 0 radical (unpaired) electrons. The van der Waals surface area contributed by atoms with E-state index >= 15 is 0 Å². The molecule has 1 unspecified atom stereocenters. The minimum Gasteiger partial charge on any atom is -0.244 e. The molecule has 0 fully saturated rings. The third kappa shape index (κ3) is 4.38. The lowest BCUT2D eigenvalue weighted by atomic mass is 9.95. The van der Waals surface area contributed by atoms with Gasteiger partial charge in [0.1, 0.15) is 15.9 Å². The fourth-order valence-corrected chi connectivity index (χ4v) is 9.34. The maximum atomic E-state index is 5.05. The summed E-state index contributed by atoms with van der Waals surface area (Å²) >= 11 is 0. The van der Waals surface area contributed by atoms with E-state index < -0.39 is 7.92 Å². The van der Waals surface area contributed by atoms with E-state index in [0.717, 1.165) is 22.4 Å². The van der Waals surface area contributed by atoms with E-state index in [1.54, 1.807) is 0 Å². The Morgan fingerprint density at radius 2 is 0.822 bits per heavy atom. The van der Waals surface area contributed by atoms with Crippen molar-refractivity contribution in [3.8, 4) is 44.8 Å². The third-order valence-corrected chi connectivity index (χ3v) is 11.7. The van der Waals surface area contributed by atoms with E-state index in [0.29, 0.717) is 0 Å². The van der Waals surface area contributed by atoms with Crippen molar-refractivity contribution in [3.05, 3.63) is 164 Å². The number of hydrogen-bond acceptors (Lipinski definition) is 2. The van der Waals surface area contributed by atoms with Crippen LogP contribution in [0.4, 0.5) is 0 Å². The van der Waals surface area contributed by atoms with Gasteiger partial charge in [0.05, 0.1) is 30.3 Å². The first-order valence-corrected chi connectivity index (χ1v) is 16.8. The van der Waals surface area contributed by atoms with Gasteiger partial charge in [0, 0.05) is 16.5 Å². The van der Waals surface area contributed by atoms with Crippen molar-refractivity contribution < 1.29 is 0 Å². The Kier molecular flexibility index (Phi) is 6.14. The molecule has 7 aromatic carbocycles. The highest BCUT2D eigenvalue weighted by atomic mass is 31.1. The molecule has 1 aliphatic carbocycles. The van der Waals surface area contributed by atoms with Crippen LogP contribution in [0, 0.1) is 0 Å². The number of fused-ring (bicyclic) bond motifs is 4. The van der Waals surface area contributed by atoms with Crippen molar-refractivity contribution >= 4 is 45.6 Å². The average molecular weight is 592 g/mol. The van der Waals surface area contributed by atoms with Crippen LogP contribution in [-0.4, -0.2) is 9.97 Å². The fourth-order valence-electron chi connectivity index (χ4n) is 6.81. The zero-order valence-electron chi connectivity index (χ0n) is 24.5. The molecular formula is C42H28N2P+. The maximum absolute atomic E-state index is 5.05. The van der Waals surface area contributed by atoms with Gasteiger partial charge < -0.3 is 0 Å². The summed E-state index contributed by atoms with van der Waals surface area (Å²) in [4.78, 5) is 10.1. The molecule has 45 heavy (non-hydrogen) atoms. The first kappa shape index (κ1) is 26.0. The van der Waals surface area contributed by atoms with Crippen LogP contribution in [0.2, 0.25) is 0 Å². The average Bonchev–Trinajstić information content (AvgIpc) is 3.43. The largest absolute Gasteiger partial charge is 0.244 e. The Bertz CT molecular complexity index is 2300. The molecule has 2 nitrogen and oxygen atoms in total. The lowest BCUT2D eigenvalue weighted by molar-refractivity contribution is 1.32. The van der Waals surface area contributed by atoms with Crippen molar-refractivity contribution in [2.24, 2.45) is 0 Å². The first-order chi connectivity index (χ1) is 22.3. The number of benzene rings is 7. The molecule has 1 atom stereocenters. The topological polar surface area (TPSA) is 25.8 Å². The third-order valence-electron chi connectivity index (χ3n) is 8.95. The van der Waals surface area contributed by atoms with E-state index in [9.17, 15) is 0 Å². The van der Waals surface area contributed by atoms with Gasteiger partial charge >= 0.3 is 0 Å². The molecule has 0 N–H and O–H groups in total. The Labute approximate surface area is 263 Å². The van der Waals surface area contributed by atoms with Crippen molar-refractivity contribution in [2.45, 2.75) is 0 Å². The molecular weight excluding hydrogens is 563 g/mol. The Hall–Kier alpha value is -5.43. The summed E-state index contributed by atoms with van der Waals surface area (Å²) in [5.74, 6) is 0. The zero-order chi connectivity index (χ0) is 29.7. The molecule has 210 valence electrons. The Morgan fingerprint density at radius 1 is 0.333 bits per heavy atom. The minimum atomic E-state index is -1.19. The molecule has 8 aromatic rings. The van der Waals surface area contributed by atoms with Gasteiger partial charge in [-0.1, -0.05) is 115 Å². The molecule has 0 saturated carbocycles. The number of para-hydroxylation sites is 2. The predicted octanol–water partition coefficient (Wildman–Crippen LogP) is 9.25. The molecule has 0 saturated heterocycles. The van der Waals surface area contributed by atoms with E-state index in [-0.39, 0.29) is 0 Å². The van der Waals surface area contributed by atoms with Crippen molar-refractivity contribution in [1.82, 2.24) is 9.97 Å². The second-order valence-electron chi connectivity index (χ2n) is 11.6. The van der Waals surface area contributed by atoms with Gasteiger partial charge in [0.15, 0.2) is 0 Å². The normalized spacial score (nSPS) is 12.4. The van der Waals surface area contributed by atoms with Gasteiger partial charge in [-0.3, -0.25) is 0 Å². The van der Waals surface area contributed by atoms with Gasteiger partial charge in [-0.2, -0.15) is 0 Å². The Morgan fingerprint density at radius 3 is 1.47 bits per heavy atom. The smallest absolute Gasteiger partial charge is 0.102 e. The molecule has 0 spiro atoms. The molecule has 3 heteroatoms. The summed E-state index contributed by atoms with van der Waals surface area (Å²) in [6, 6.07) is 59.3. The van der Waals surface area contributed by atoms with Crippen LogP contribution in [0.1, 0.15) is 0 Å². The van der Waals surface area contributed by atoms with E-state index in [1.165, 1.54) is 60.1 Å². The summed E-state index contributed by atoms with van der Waals surface area (Å²) in [6.07, 6.45) is 0. The molecule has 0 aliphatic heterocycles. The van der Waals surface area contributed by atoms with E-state index in [1.807, 2.05) is 24.3 Å². The second-order valence-corrected chi connectivity index (χ2v) is 14.0. The van der Waals surface area contributed by atoms with Gasteiger partial charge in [-0.15, -0.1) is 0 Å². The Balaban J connectivity index is 1.12. The van der Waals surface area contributed by atoms with Crippen LogP contribution >= 0.6 is 7.92 Å². The molecule has 1 aliphatic rings. The highest BCUT2D eigenvalue weighted by Crippen LogP contribution is 2.48. The maximum Gasteiger partial charge on any atom is 0.102 e. The summed E-state index contributed by atoms with van der Waals surface area (Å²) in [5.41, 5.74) is 11.1. The van der Waals surface area contributed by atoms with Gasteiger partial charge in [0.2, 0.25) is 0 Å². The van der Waals surface area contributed by atoms with Gasteiger partial charge in [-0.05, 0) is 76.2 Å². The highest BCUT2D eigenvalue weighted by Gasteiger charge is 2.27. The molecule has 0 amide bonds. The number of rotatable bonds is 5.